The molecular weight excluding hydrogens is 352 g/mol. The molecule has 3 rings (SSSR count). The molecule has 0 saturated carbocycles. The van der Waals surface area contributed by atoms with Gasteiger partial charge in [0, 0.05) is 30.0 Å². The number of hydrogen-bond acceptors (Lipinski definition) is 3. The van der Waals surface area contributed by atoms with Crippen molar-refractivity contribution in [1.29, 1.82) is 0 Å². The second-order valence-corrected chi connectivity index (χ2v) is 8.02. The van der Waals surface area contributed by atoms with Crippen molar-refractivity contribution in [3.63, 3.8) is 0 Å². The lowest BCUT2D eigenvalue weighted by atomic mass is 10.1. The van der Waals surface area contributed by atoms with Gasteiger partial charge in [0.2, 0.25) is 10.0 Å². The van der Waals surface area contributed by atoms with Crippen LogP contribution in [0.4, 0.5) is 0 Å². The largest absolute Gasteiger partial charge is 0.256 e. The first-order valence-corrected chi connectivity index (χ1v) is 9.59. The van der Waals surface area contributed by atoms with Gasteiger partial charge < -0.3 is 0 Å². The van der Waals surface area contributed by atoms with E-state index in [9.17, 15) is 8.42 Å². The van der Waals surface area contributed by atoms with Crippen LogP contribution in [0, 0.1) is 5.92 Å². The minimum absolute atomic E-state index is 0.368. The maximum atomic E-state index is 12.9. The number of rotatable bonds is 4. The fourth-order valence-electron chi connectivity index (χ4n) is 2.84. The Bertz CT molecular complexity index is 743. The Morgan fingerprint density at radius 2 is 2.14 bits per heavy atom. The van der Waals surface area contributed by atoms with Crippen LogP contribution in [-0.2, 0) is 10.0 Å². The Morgan fingerprint density at radius 1 is 1.29 bits per heavy atom. The Morgan fingerprint density at radius 3 is 2.95 bits per heavy atom. The van der Waals surface area contributed by atoms with Crippen LogP contribution in [0.15, 0.2) is 41.4 Å². The van der Waals surface area contributed by atoms with Crippen molar-refractivity contribution in [3.05, 3.63) is 36.5 Å². The quantitative estimate of drug-likeness (QED) is 0.779. The highest BCUT2D eigenvalue weighted by Gasteiger charge is 2.33. The van der Waals surface area contributed by atoms with E-state index in [1.807, 2.05) is 12.1 Å². The molecule has 1 aromatic carbocycles. The number of fused-ring (bicyclic) bond motifs is 1. The second kappa shape index (κ2) is 6.02. The van der Waals surface area contributed by atoms with Gasteiger partial charge in [-0.1, -0.05) is 22.0 Å². The Labute approximate surface area is 133 Å². The molecule has 4 nitrogen and oxygen atoms in total. The van der Waals surface area contributed by atoms with E-state index >= 15 is 0 Å². The van der Waals surface area contributed by atoms with Gasteiger partial charge in [-0.25, -0.2) is 8.42 Å². The van der Waals surface area contributed by atoms with Gasteiger partial charge in [-0.2, -0.15) is 4.31 Å². The van der Waals surface area contributed by atoms with Crippen LogP contribution in [0.1, 0.15) is 12.8 Å². The van der Waals surface area contributed by atoms with Gasteiger partial charge in [-0.3, -0.25) is 4.98 Å². The molecule has 0 bridgehead atoms. The molecule has 0 aliphatic carbocycles. The summed E-state index contributed by atoms with van der Waals surface area (Å²) in [5.41, 5.74) is 0.717. The Hall–Kier alpha value is -0.980. The lowest BCUT2D eigenvalue weighted by Gasteiger charge is -2.17. The molecule has 1 aromatic heterocycles. The van der Waals surface area contributed by atoms with Gasteiger partial charge in [0.15, 0.2) is 0 Å². The van der Waals surface area contributed by atoms with E-state index in [4.69, 9.17) is 0 Å². The summed E-state index contributed by atoms with van der Waals surface area (Å²) < 4.78 is 27.4. The molecule has 0 spiro atoms. The van der Waals surface area contributed by atoms with Crippen LogP contribution in [0.2, 0.25) is 0 Å². The summed E-state index contributed by atoms with van der Waals surface area (Å²) in [5.74, 6) is 0.451. The molecule has 1 saturated heterocycles. The van der Waals surface area contributed by atoms with E-state index < -0.39 is 10.0 Å². The number of sulfonamides is 1. The normalized spacial score (nSPS) is 20.1. The van der Waals surface area contributed by atoms with E-state index in [0.717, 1.165) is 23.7 Å². The summed E-state index contributed by atoms with van der Waals surface area (Å²) in [7, 11) is -3.44. The first-order valence-electron chi connectivity index (χ1n) is 7.03. The van der Waals surface area contributed by atoms with Crippen LogP contribution < -0.4 is 0 Å². The van der Waals surface area contributed by atoms with Crippen molar-refractivity contribution < 1.29 is 8.42 Å². The lowest BCUT2D eigenvalue weighted by Crippen LogP contribution is -2.29. The number of hydrogen-bond donors (Lipinski definition) is 0. The van der Waals surface area contributed by atoms with Gasteiger partial charge >= 0.3 is 0 Å². The second-order valence-electron chi connectivity index (χ2n) is 5.32. The van der Waals surface area contributed by atoms with Crippen LogP contribution in [0.5, 0.6) is 0 Å². The van der Waals surface area contributed by atoms with E-state index in [0.29, 0.717) is 29.3 Å². The third-order valence-corrected chi connectivity index (χ3v) is 6.37. The topological polar surface area (TPSA) is 50.3 Å². The average molecular weight is 369 g/mol. The Balaban J connectivity index is 1.98. The zero-order valence-corrected chi connectivity index (χ0v) is 14.0. The fraction of sp³-hybridized carbons (Fsp3) is 0.400. The highest BCUT2D eigenvalue weighted by Crippen LogP contribution is 2.29. The molecule has 112 valence electrons. The summed E-state index contributed by atoms with van der Waals surface area (Å²) in [4.78, 5) is 4.61. The summed E-state index contributed by atoms with van der Waals surface area (Å²) in [5, 5.41) is 1.62. The first kappa shape index (κ1) is 14.9. The predicted molar refractivity (Wildman–Crippen MR) is 87.0 cm³/mol. The van der Waals surface area contributed by atoms with E-state index in [-0.39, 0.29) is 0 Å². The van der Waals surface area contributed by atoms with Gasteiger partial charge in [-0.15, -0.1) is 0 Å². The number of pyridine rings is 1. The lowest BCUT2D eigenvalue weighted by molar-refractivity contribution is 0.455. The van der Waals surface area contributed by atoms with Crippen molar-refractivity contribution in [2.45, 2.75) is 17.7 Å². The minimum atomic E-state index is -3.44. The molecule has 1 aliphatic rings. The average Bonchev–Trinajstić information content (AvgIpc) is 2.96. The maximum absolute atomic E-state index is 12.9. The summed E-state index contributed by atoms with van der Waals surface area (Å²) in [6, 6.07) is 8.87. The number of alkyl halides is 1. The molecule has 0 radical (unpaired) electrons. The van der Waals surface area contributed by atoms with E-state index in [2.05, 4.69) is 20.9 Å². The summed E-state index contributed by atoms with van der Waals surface area (Å²) in [6.07, 6.45) is 3.64. The molecule has 1 atom stereocenters. The SMILES string of the molecule is O=S(=O)(c1cccc2ncccc12)N1CCC(CCBr)C1. The third-order valence-electron chi connectivity index (χ3n) is 3.99. The molecule has 1 aliphatic heterocycles. The zero-order valence-electron chi connectivity index (χ0n) is 11.6. The van der Waals surface area contributed by atoms with Crippen LogP contribution >= 0.6 is 15.9 Å². The molecule has 1 fully saturated rings. The highest BCUT2D eigenvalue weighted by atomic mass is 79.9. The maximum Gasteiger partial charge on any atom is 0.243 e. The molecule has 6 heteroatoms. The van der Waals surface area contributed by atoms with Crippen molar-refractivity contribution >= 4 is 36.9 Å². The Kier molecular flexibility index (Phi) is 4.28. The van der Waals surface area contributed by atoms with Gasteiger partial charge in [0.25, 0.3) is 0 Å². The predicted octanol–water partition coefficient (Wildman–Crippen LogP) is 3.03. The zero-order chi connectivity index (χ0) is 14.9. The minimum Gasteiger partial charge on any atom is -0.256 e. The van der Waals surface area contributed by atoms with Gasteiger partial charge in [0.1, 0.15) is 0 Å². The molecule has 2 heterocycles. The number of nitrogens with zero attached hydrogens (tertiary/aromatic N) is 2. The molecular formula is C15H17BrN2O2S. The molecule has 0 N–H and O–H groups in total. The standard InChI is InChI=1S/C15H17BrN2O2S/c16-8-6-12-7-10-18(11-12)21(19,20)15-5-1-4-14-13(15)3-2-9-17-14/h1-5,9,12H,6-8,10-11H2. The smallest absolute Gasteiger partial charge is 0.243 e. The summed E-state index contributed by atoms with van der Waals surface area (Å²) >= 11 is 3.43. The molecule has 0 amide bonds. The molecule has 21 heavy (non-hydrogen) atoms. The van der Waals surface area contributed by atoms with Crippen molar-refractivity contribution in [1.82, 2.24) is 9.29 Å². The third kappa shape index (κ3) is 2.84. The first-order chi connectivity index (χ1) is 10.1. The van der Waals surface area contributed by atoms with Gasteiger partial charge in [0.05, 0.1) is 10.4 Å². The number of benzene rings is 1. The monoisotopic (exact) mass is 368 g/mol. The van der Waals surface area contributed by atoms with Gasteiger partial charge in [-0.05, 0) is 43.0 Å². The molecule has 2 aromatic rings. The van der Waals surface area contributed by atoms with E-state index in [1.165, 1.54) is 0 Å². The van der Waals surface area contributed by atoms with Crippen molar-refractivity contribution in [2.24, 2.45) is 5.92 Å². The fourth-order valence-corrected chi connectivity index (χ4v) is 5.22. The van der Waals surface area contributed by atoms with E-state index in [1.54, 1.807) is 28.7 Å². The van der Waals surface area contributed by atoms with Crippen LogP contribution in [-0.4, -0.2) is 36.1 Å². The number of aromatic nitrogens is 1. The highest BCUT2D eigenvalue weighted by molar-refractivity contribution is 9.09. The van der Waals surface area contributed by atoms with Crippen LogP contribution in [0.3, 0.4) is 0 Å². The molecule has 1 unspecified atom stereocenters. The van der Waals surface area contributed by atoms with Crippen LogP contribution in [0.25, 0.3) is 10.9 Å². The van der Waals surface area contributed by atoms with Crippen molar-refractivity contribution in [2.75, 3.05) is 18.4 Å². The number of halogens is 1. The van der Waals surface area contributed by atoms with Crippen molar-refractivity contribution in [3.8, 4) is 0 Å². The summed E-state index contributed by atoms with van der Waals surface area (Å²) in [6.45, 7) is 1.22.